The lowest BCUT2D eigenvalue weighted by Crippen LogP contribution is -2.22. The maximum Gasteiger partial charge on any atom is 0.306 e. The van der Waals surface area contributed by atoms with Gasteiger partial charge in [-0.05, 0) is 17.7 Å². The van der Waals surface area contributed by atoms with E-state index in [0.717, 1.165) is 0 Å². The van der Waals surface area contributed by atoms with E-state index in [1.54, 1.807) is 0 Å². The van der Waals surface area contributed by atoms with Gasteiger partial charge in [-0.1, -0.05) is 0 Å². The molecule has 1 rings (SSSR count). The van der Waals surface area contributed by atoms with E-state index in [4.69, 9.17) is 19.7 Å². The number of carboxylic acid groups (broad SMARTS) is 1. The molecule has 0 bridgehead atoms. The summed E-state index contributed by atoms with van der Waals surface area (Å²) in [5.41, 5.74) is 0.642. The molecule has 0 saturated carbocycles. The summed E-state index contributed by atoms with van der Waals surface area (Å²) >= 11 is 0. The molecule has 7 nitrogen and oxygen atoms in total. The standard InChI is InChI=1S/C13H18O7/c1-19-9-3-7(6-14)4-10(20-2)12(9)13(18)8(15)5-11(16)17/h3-4,8,13-15,18H,5-6H2,1-2H3,(H,16,17). The summed E-state index contributed by atoms with van der Waals surface area (Å²) in [6, 6.07) is 2.96. The summed E-state index contributed by atoms with van der Waals surface area (Å²) in [4.78, 5) is 10.6. The molecule has 0 heterocycles. The molecule has 1 aromatic rings. The third-order valence-corrected chi connectivity index (χ3v) is 2.83. The fourth-order valence-electron chi connectivity index (χ4n) is 1.86. The van der Waals surface area contributed by atoms with Gasteiger partial charge in [0.1, 0.15) is 17.6 Å². The number of aliphatic carboxylic acids is 1. The first kappa shape index (κ1) is 16.2. The zero-order valence-electron chi connectivity index (χ0n) is 11.2. The van der Waals surface area contributed by atoms with Crippen LogP contribution in [0.4, 0.5) is 0 Å². The van der Waals surface area contributed by atoms with Gasteiger partial charge in [-0.3, -0.25) is 4.79 Å². The first-order valence-corrected chi connectivity index (χ1v) is 5.88. The number of methoxy groups -OCH3 is 2. The van der Waals surface area contributed by atoms with Crippen LogP contribution in [0.1, 0.15) is 23.7 Å². The molecule has 2 unspecified atom stereocenters. The molecular weight excluding hydrogens is 268 g/mol. The van der Waals surface area contributed by atoms with E-state index in [1.807, 2.05) is 0 Å². The molecule has 0 saturated heterocycles. The first-order valence-electron chi connectivity index (χ1n) is 5.88. The van der Waals surface area contributed by atoms with Crippen LogP contribution in [0.2, 0.25) is 0 Å². The molecule has 20 heavy (non-hydrogen) atoms. The van der Waals surface area contributed by atoms with Crippen molar-refractivity contribution in [1.82, 2.24) is 0 Å². The minimum Gasteiger partial charge on any atom is -0.496 e. The molecule has 0 aliphatic carbocycles. The number of hydrogen-bond donors (Lipinski definition) is 4. The van der Waals surface area contributed by atoms with E-state index in [-0.39, 0.29) is 23.7 Å². The molecular formula is C13H18O7. The maximum atomic E-state index is 10.6. The number of aliphatic hydroxyl groups is 3. The second kappa shape index (κ2) is 7.09. The van der Waals surface area contributed by atoms with Crippen molar-refractivity contribution in [2.75, 3.05) is 14.2 Å². The van der Waals surface area contributed by atoms with Crippen LogP contribution in [0.3, 0.4) is 0 Å². The minimum absolute atomic E-state index is 0.140. The lowest BCUT2D eigenvalue weighted by molar-refractivity contribution is -0.141. The number of ether oxygens (including phenoxy) is 2. The van der Waals surface area contributed by atoms with Gasteiger partial charge >= 0.3 is 5.97 Å². The van der Waals surface area contributed by atoms with Crippen molar-refractivity contribution >= 4 is 5.97 Å². The second-order valence-corrected chi connectivity index (χ2v) is 4.18. The Hall–Kier alpha value is -1.83. The smallest absolute Gasteiger partial charge is 0.306 e. The van der Waals surface area contributed by atoms with Crippen LogP contribution in [0.5, 0.6) is 11.5 Å². The first-order chi connectivity index (χ1) is 9.44. The van der Waals surface area contributed by atoms with Crippen molar-refractivity contribution in [2.24, 2.45) is 0 Å². The van der Waals surface area contributed by atoms with Crippen molar-refractivity contribution in [1.29, 1.82) is 0 Å². The Bertz CT molecular complexity index is 447. The second-order valence-electron chi connectivity index (χ2n) is 4.18. The molecule has 0 radical (unpaired) electrons. The molecule has 0 fully saturated rings. The zero-order valence-corrected chi connectivity index (χ0v) is 11.2. The van der Waals surface area contributed by atoms with Crippen LogP contribution in [-0.4, -0.2) is 46.7 Å². The summed E-state index contributed by atoms with van der Waals surface area (Å²) < 4.78 is 10.2. The molecule has 7 heteroatoms. The molecule has 0 spiro atoms. The highest BCUT2D eigenvalue weighted by Crippen LogP contribution is 2.37. The summed E-state index contributed by atoms with van der Waals surface area (Å²) in [6.45, 7) is -0.249. The van der Waals surface area contributed by atoms with Crippen molar-refractivity contribution in [3.63, 3.8) is 0 Å². The largest absolute Gasteiger partial charge is 0.496 e. The van der Waals surface area contributed by atoms with Gasteiger partial charge in [0, 0.05) is 0 Å². The van der Waals surface area contributed by atoms with E-state index >= 15 is 0 Å². The number of benzene rings is 1. The van der Waals surface area contributed by atoms with Gasteiger partial charge in [0.2, 0.25) is 0 Å². The Kier molecular flexibility index (Phi) is 5.75. The van der Waals surface area contributed by atoms with Gasteiger partial charge in [-0.25, -0.2) is 0 Å². The molecule has 4 N–H and O–H groups in total. The highest BCUT2D eigenvalue weighted by molar-refractivity contribution is 5.67. The summed E-state index contributed by atoms with van der Waals surface area (Å²) in [5, 5.41) is 37.6. The van der Waals surface area contributed by atoms with Gasteiger partial charge in [0.25, 0.3) is 0 Å². The van der Waals surface area contributed by atoms with Crippen molar-refractivity contribution < 1.29 is 34.7 Å². The quantitative estimate of drug-likeness (QED) is 0.560. The van der Waals surface area contributed by atoms with E-state index in [1.165, 1.54) is 26.4 Å². The van der Waals surface area contributed by atoms with Gasteiger partial charge in [-0.2, -0.15) is 0 Å². The zero-order chi connectivity index (χ0) is 15.3. The number of rotatable bonds is 7. The number of aliphatic hydroxyl groups excluding tert-OH is 3. The van der Waals surface area contributed by atoms with Gasteiger partial charge in [0.15, 0.2) is 0 Å². The Morgan fingerprint density at radius 3 is 2.05 bits per heavy atom. The Balaban J connectivity index is 3.23. The lowest BCUT2D eigenvalue weighted by atomic mass is 9.98. The highest BCUT2D eigenvalue weighted by atomic mass is 16.5. The fourth-order valence-corrected chi connectivity index (χ4v) is 1.86. The number of carboxylic acids is 1. The van der Waals surface area contributed by atoms with Crippen LogP contribution in [0.25, 0.3) is 0 Å². The van der Waals surface area contributed by atoms with E-state index in [2.05, 4.69) is 0 Å². The van der Waals surface area contributed by atoms with Gasteiger partial charge in [0.05, 0.1) is 38.9 Å². The number of carbonyl (C=O) groups is 1. The maximum absolute atomic E-state index is 10.6. The summed E-state index contributed by atoms with van der Waals surface area (Å²) in [7, 11) is 2.71. The van der Waals surface area contributed by atoms with E-state index in [0.29, 0.717) is 5.56 Å². The van der Waals surface area contributed by atoms with E-state index < -0.39 is 24.6 Å². The summed E-state index contributed by atoms with van der Waals surface area (Å²) in [5.74, 6) is -0.836. The van der Waals surface area contributed by atoms with Crippen LogP contribution in [-0.2, 0) is 11.4 Å². The third kappa shape index (κ3) is 3.60. The Morgan fingerprint density at radius 2 is 1.70 bits per heavy atom. The van der Waals surface area contributed by atoms with Crippen LogP contribution < -0.4 is 9.47 Å². The molecule has 112 valence electrons. The third-order valence-electron chi connectivity index (χ3n) is 2.83. The number of hydrogen-bond acceptors (Lipinski definition) is 6. The predicted molar refractivity (Wildman–Crippen MR) is 68.7 cm³/mol. The Morgan fingerprint density at radius 1 is 1.20 bits per heavy atom. The molecule has 0 aliphatic heterocycles. The monoisotopic (exact) mass is 286 g/mol. The van der Waals surface area contributed by atoms with Crippen molar-refractivity contribution in [3.8, 4) is 11.5 Å². The average Bonchev–Trinajstić information content (AvgIpc) is 2.43. The summed E-state index contributed by atoms with van der Waals surface area (Å²) in [6.07, 6.45) is -3.60. The highest BCUT2D eigenvalue weighted by Gasteiger charge is 2.27. The fraction of sp³-hybridized carbons (Fsp3) is 0.462. The molecule has 2 atom stereocenters. The lowest BCUT2D eigenvalue weighted by Gasteiger charge is -2.22. The van der Waals surface area contributed by atoms with Gasteiger partial charge in [-0.15, -0.1) is 0 Å². The predicted octanol–water partition coefficient (Wildman–Crippen LogP) is 0.0651. The normalized spacial score (nSPS) is 13.7. The molecule has 0 aromatic heterocycles. The average molecular weight is 286 g/mol. The SMILES string of the molecule is COc1cc(CO)cc(OC)c1C(O)C(O)CC(=O)O. The van der Waals surface area contributed by atoms with Gasteiger partial charge < -0.3 is 29.9 Å². The topological polar surface area (TPSA) is 116 Å². The van der Waals surface area contributed by atoms with E-state index in [9.17, 15) is 15.0 Å². The van der Waals surface area contributed by atoms with Crippen molar-refractivity contribution in [3.05, 3.63) is 23.3 Å². The molecule has 1 aromatic carbocycles. The minimum atomic E-state index is -1.50. The molecule has 0 amide bonds. The van der Waals surface area contributed by atoms with Crippen molar-refractivity contribution in [2.45, 2.75) is 25.2 Å². The Labute approximate surface area is 116 Å². The van der Waals surface area contributed by atoms with Crippen LogP contribution in [0, 0.1) is 0 Å². The van der Waals surface area contributed by atoms with Crippen LogP contribution in [0.15, 0.2) is 12.1 Å². The molecule has 0 aliphatic rings. The van der Waals surface area contributed by atoms with Crippen LogP contribution >= 0.6 is 0 Å².